The second-order valence-electron chi connectivity index (χ2n) is 19.1. The number of ether oxygens (including phenoxy) is 5. The lowest BCUT2D eigenvalue weighted by atomic mass is 9.81. The van der Waals surface area contributed by atoms with Crippen LogP contribution in [-0.2, 0) is 42.9 Å². The molecule has 1 aliphatic carbocycles. The predicted octanol–water partition coefficient (Wildman–Crippen LogP) is 6.56. The van der Waals surface area contributed by atoms with Crippen molar-refractivity contribution in [3.8, 4) is 0 Å². The molecule has 13 heteroatoms. The van der Waals surface area contributed by atoms with Gasteiger partial charge >= 0.3 is 5.97 Å². The Hall–Kier alpha value is -3.56. The van der Waals surface area contributed by atoms with E-state index in [2.05, 4.69) is 6.92 Å². The van der Waals surface area contributed by atoms with Crippen LogP contribution in [0.4, 0.5) is 0 Å². The number of Topliss-reactive ketones (excluding diaryl/α,β-unsaturated/α-hetero) is 2. The SMILES string of the molecule is CCC1/C=C(\C)CC(C)CC(OC)C2OC(O)(C(=O)C(=O)N3CCCCC3C(=O)OC(C(C)=CC3CCC(OCC=Cc4ccccc4)C(O)C3)C(C)C(O)CC1=O)C(C)CC2OC. The molecule has 64 heavy (non-hydrogen) atoms. The van der Waals surface area contributed by atoms with Gasteiger partial charge in [0.15, 0.2) is 0 Å². The van der Waals surface area contributed by atoms with Crippen molar-refractivity contribution < 1.29 is 58.2 Å². The van der Waals surface area contributed by atoms with E-state index in [0.29, 0.717) is 63.5 Å². The zero-order valence-electron chi connectivity index (χ0n) is 39.4. The summed E-state index contributed by atoms with van der Waals surface area (Å²) >= 11 is 0. The minimum Gasteiger partial charge on any atom is -0.456 e. The van der Waals surface area contributed by atoms with Crippen molar-refractivity contribution in [1.82, 2.24) is 4.90 Å². The lowest BCUT2D eigenvalue weighted by molar-refractivity contribution is -0.302. The Morgan fingerprint density at radius 1 is 0.906 bits per heavy atom. The number of hydrogen-bond donors (Lipinski definition) is 3. The number of aliphatic hydroxyl groups is 3. The quantitative estimate of drug-likeness (QED) is 0.139. The van der Waals surface area contributed by atoms with Crippen LogP contribution in [0.25, 0.3) is 6.08 Å². The maximum atomic E-state index is 14.4. The van der Waals surface area contributed by atoms with Crippen molar-refractivity contribution in [3.05, 3.63) is 65.3 Å². The number of esters is 1. The largest absolute Gasteiger partial charge is 0.456 e. The van der Waals surface area contributed by atoms with E-state index in [1.807, 2.05) is 75.4 Å². The van der Waals surface area contributed by atoms with Crippen LogP contribution in [0.15, 0.2) is 59.7 Å². The summed E-state index contributed by atoms with van der Waals surface area (Å²) in [5, 5.41) is 35.0. The molecule has 1 amide bonds. The summed E-state index contributed by atoms with van der Waals surface area (Å²) in [7, 11) is 3.07. The van der Waals surface area contributed by atoms with E-state index in [4.69, 9.17) is 23.7 Å². The number of amides is 1. The molecule has 0 aromatic heterocycles. The molecule has 1 aromatic rings. The number of ketones is 2. The zero-order chi connectivity index (χ0) is 46.7. The van der Waals surface area contributed by atoms with E-state index in [0.717, 1.165) is 11.1 Å². The first-order valence-corrected chi connectivity index (χ1v) is 23.6. The number of rotatable bonds is 9. The number of carbonyl (C=O) groups is 4. The Morgan fingerprint density at radius 3 is 2.28 bits per heavy atom. The van der Waals surface area contributed by atoms with Crippen LogP contribution in [0, 0.1) is 29.6 Å². The average Bonchev–Trinajstić information content (AvgIpc) is 3.28. The number of allylic oxidation sites excluding steroid dienone is 3. The number of carbonyl (C=O) groups excluding carboxylic acids is 4. The number of fused-ring (bicyclic) bond motifs is 3. The number of methoxy groups -OCH3 is 2. The maximum Gasteiger partial charge on any atom is 0.329 e. The Morgan fingerprint density at radius 2 is 1.61 bits per heavy atom. The smallest absolute Gasteiger partial charge is 0.329 e. The first-order valence-electron chi connectivity index (χ1n) is 23.6. The molecule has 1 aromatic carbocycles. The molecule has 3 fully saturated rings. The van der Waals surface area contributed by atoms with Crippen LogP contribution < -0.4 is 0 Å². The average molecular weight is 894 g/mol. The fourth-order valence-electron chi connectivity index (χ4n) is 10.3. The molecule has 2 saturated heterocycles. The first kappa shape index (κ1) is 51.4. The molecule has 13 nitrogen and oxygen atoms in total. The molecule has 3 heterocycles. The Bertz CT molecular complexity index is 1810. The number of nitrogens with zero attached hydrogens (tertiary/aromatic N) is 1. The molecule has 14 atom stereocenters. The van der Waals surface area contributed by atoms with Crippen molar-refractivity contribution in [2.24, 2.45) is 29.6 Å². The lowest BCUT2D eigenvalue weighted by Gasteiger charge is -2.47. The number of benzene rings is 1. The summed E-state index contributed by atoms with van der Waals surface area (Å²) in [5.41, 5.74) is 2.69. The molecule has 0 spiro atoms. The molecule has 2 bridgehead atoms. The van der Waals surface area contributed by atoms with E-state index in [1.165, 1.54) is 19.1 Å². The predicted molar refractivity (Wildman–Crippen MR) is 242 cm³/mol. The Kier molecular flexibility index (Phi) is 19.1. The molecule has 3 aliphatic heterocycles. The molecule has 14 unspecified atom stereocenters. The fraction of sp³-hybridized carbons (Fsp3) is 0.686. The van der Waals surface area contributed by atoms with Gasteiger partial charge in [-0.1, -0.05) is 87.9 Å². The van der Waals surface area contributed by atoms with E-state index in [9.17, 15) is 34.5 Å². The number of cyclic esters (lactones) is 1. The molecule has 356 valence electrons. The van der Waals surface area contributed by atoms with Crippen LogP contribution in [-0.4, -0.2) is 126 Å². The zero-order valence-corrected chi connectivity index (χ0v) is 39.4. The standard InChI is InChI=1S/C51H75NO12/c1-9-38-25-31(2)24-32(3)26-44(60-7)47-45(61-8)28-34(5)51(59,64-47)48(56)49(57)52-22-14-13-19-39(52)50(58)63-46(35(6)40(53)30-41(38)54)33(4)27-37-20-21-43(42(55)29-37)62-23-15-18-36-16-11-10-12-17-36/h10-12,15-18,25,27,32,34-35,37-40,42-47,53,55,59H,9,13-14,19-24,26,28-30H2,1-8H3/b18-15?,31-25+,33-27?. The van der Waals surface area contributed by atoms with E-state index >= 15 is 0 Å². The van der Waals surface area contributed by atoms with Crippen LogP contribution in [0.5, 0.6) is 0 Å². The van der Waals surface area contributed by atoms with Gasteiger partial charge in [0.1, 0.15) is 24.0 Å². The van der Waals surface area contributed by atoms with Gasteiger partial charge in [-0.25, -0.2) is 4.79 Å². The molecular weight excluding hydrogens is 819 g/mol. The molecule has 4 aliphatic rings. The molecule has 0 radical (unpaired) electrons. The van der Waals surface area contributed by atoms with Crippen molar-refractivity contribution in [2.45, 2.75) is 167 Å². The maximum absolute atomic E-state index is 14.4. The number of piperidine rings is 1. The van der Waals surface area contributed by atoms with Gasteiger partial charge in [0.2, 0.25) is 5.79 Å². The monoisotopic (exact) mass is 894 g/mol. The summed E-state index contributed by atoms with van der Waals surface area (Å²) in [6, 6.07) is 8.75. The van der Waals surface area contributed by atoms with Crippen molar-refractivity contribution in [2.75, 3.05) is 27.4 Å². The third kappa shape index (κ3) is 12.9. The number of aliphatic hydroxyl groups excluding tert-OH is 2. The third-order valence-electron chi connectivity index (χ3n) is 14.1. The highest BCUT2D eigenvalue weighted by molar-refractivity contribution is 6.39. The van der Waals surface area contributed by atoms with Gasteiger partial charge < -0.3 is 43.9 Å². The van der Waals surface area contributed by atoms with Crippen LogP contribution in [0.1, 0.15) is 118 Å². The summed E-state index contributed by atoms with van der Waals surface area (Å²) in [5.74, 6) is -7.70. The summed E-state index contributed by atoms with van der Waals surface area (Å²) in [6.45, 7) is 11.6. The van der Waals surface area contributed by atoms with Gasteiger partial charge in [-0.2, -0.15) is 0 Å². The molecular formula is C51H75NO12. The topological polar surface area (TPSA) is 178 Å². The van der Waals surface area contributed by atoms with Gasteiger partial charge in [0.25, 0.3) is 11.7 Å². The highest BCUT2D eigenvalue weighted by atomic mass is 16.7. The highest BCUT2D eigenvalue weighted by Gasteiger charge is 2.56. The van der Waals surface area contributed by atoms with Gasteiger partial charge in [-0.3, -0.25) is 14.4 Å². The fourth-order valence-corrected chi connectivity index (χ4v) is 10.3. The van der Waals surface area contributed by atoms with Gasteiger partial charge in [0, 0.05) is 44.9 Å². The van der Waals surface area contributed by atoms with Crippen LogP contribution in [0.3, 0.4) is 0 Å². The van der Waals surface area contributed by atoms with Gasteiger partial charge in [-0.05, 0) is 101 Å². The van der Waals surface area contributed by atoms with Crippen LogP contribution in [0.2, 0.25) is 0 Å². The second-order valence-corrected chi connectivity index (χ2v) is 19.1. The lowest BCUT2D eigenvalue weighted by Crippen LogP contribution is -2.64. The Balaban J connectivity index is 1.43. The summed E-state index contributed by atoms with van der Waals surface area (Å²) < 4.78 is 30.4. The molecule has 1 saturated carbocycles. The van der Waals surface area contributed by atoms with Crippen molar-refractivity contribution >= 4 is 29.5 Å². The minimum atomic E-state index is -2.51. The van der Waals surface area contributed by atoms with Crippen LogP contribution >= 0.6 is 0 Å². The second kappa shape index (κ2) is 23.8. The minimum absolute atomic E-state index is 0.0259. The first-order chi connectivity index (χ1) is 30.5. The highest BCUT2D eigenvalue weighted by Crippen LogP contribution is 2.39. The summed E-state index contributed by atoms with van der Waals surface area (Å²) in [6.07, 6.45) is 7.25. The van der Waals surface area contributed by atoms with Crippen molar-refractivity contribution in [3.63, 3.8) is 0 Å². The Labute approximate surface area is 380 Å². The van der Waals surface area contributed by atoms with E-state index < -0.39 is 83.9 Å². The summed E-state index contributed by atoms with van der Waals surface area (Å²) in [4.78, 5) is 58.2. The molecule has 3 N–H and O–H groups in total. The normalized spacial score (nSPS) is 37.9. The number of hydrogen-bond acceptors (Lipinski definition) is 12. The van der Waals surface area contributed by atoms with Gasteiger partial charge in [0.05, 0.1) is 37.1 Å². The molecule has 5 rings (SSSR count). The van der Waals surface area contributed by atoms with E-state index in [-0.39, 0.29) is 49.5 Å². The third-order valence-corrected chi connectivity index (χ3v) is 14.1. The van der Waals surface area contributed by atoms with E-state index in [1.54, 1.807) is 13.8 Å². The van der Waals surface area contributed by atoms with Crippen molar-refractivity contribution in [1.29, 1.82) is 0 Å². The van der Waals surface area contributed by atoms with Gasteiger partial charge in [-0.15, -0.1) is 0 Å².